The lowest BCUT2D eigenvalue weighted by Gasteiger charge is -2.43. The average Bonchev–Trinajstić information content (AvgIpc) is 2.91. The topological polar surface area (TPSA) is 38.8 Å². The van der Waals surface area contributed by atoms with Crippen LogP contribution in [0.25, 0.3) is 0 Å². The number of amides is 1. The maximum absolute atomic E-state index is 12.2. The number of hydrogen-bond acceptors (Lipinski definition) is 4. The number of ether oxygens (including phenoxy) is 2. The molecule has 0 atom stereocenters. The summed E-state index contributed by atoms with van der Waals surface area (Å²) in [5, 5.41) is 0. The molecule has 4 nitrogen and oxygen atoms in total. The molecule has 1 spiro atoms. The second-order valence-electron chi connectivity index (χ2n) is 7.48. The third-order valence-corrected chi connectivity index (χ3v) is 6.10. The summed E-state index contributed by atoms with van der Waals surface area (Å²) in [6.07, 6.45) is 3.62. The molecule has 0 radical (unpaired) electrons. The number of likely N-dealkylation sites (tertiary alicyclic amines) is 1. The Bertz CT molecular complexity index is 580. The van der Waals surface area contributed by atoms with Crippen LogP contribution in [-0.4, -0.2) is 36.3 Å². The summed E-state index contributed by atoms with van der Waals surface area (Å²) in [5.74, 6) is 0. The zero-order chi connectivity index (χ0) is 16.7. The first-order valence-electron chi connectivity index (χ1n) is 8.57. The van der Waals surface area contributed by atoms with Crippen LogP contribution in [0.3, 0.4) is 0 Å². The van der Waals surface area contributed by atoms with Gasteiger partial charge in [-0.2, -0.15) is 0 Å². The Morgan fingerprint density at radius 2 is 2.09 bits per heavy atom. The summed E-state index contributed by atoms with van der Waals surface area (Å²) in [6, 6.07) is 2.35. The molecular weight excluding hydrogens is 310 g/mol. The van der Waals surface area contributed by atoms with Crippen molar-refractivity contribution >= 4 is 17.4 Å². The number of hydrogen-bond donors (Lipinski definition) is 0. The van der Waals surface area contributed by atoms with Gasteiger partial charge >= 0.3 is 6.09 Å². The second kappa shape index (κ2) is 6.10. The molecule has 1 aromatic heterocycles. The van der Waals surface area contributed by atoms with Gasteiger partial charge in [0, 0.05) is 22.8 Å². The van der Waals surface area contributed by atoms with Gasteiger partial charge in [-0.05, 0) is 58.1 Å². The molecule has 0 unspecified atom stereocenters. The number of fused-ring (bicyclic) bond motifs is 2. The number of piperidine rings is 1. The van der Waals surface area contributed by atoms with Crippen molar-refractivity contribution in [2.75, 3.05) is 19.7 Å². The Labute approximate surface area is 142 Å². The largest absolute Gasteiger partial charge is 0.444 e. The van der Waals surface area contributed by atoms with E-state index in [-0.39, 0.29) is 11.7 Å². The Hall–Kier alpha value is -1.07. The highest BCUT2D eigenvalue weighted by Crippen LogP contribution is 2.45. The predicted octanol–water partition coefficient (Wildman–Crippen LogP) is 4.11. The summed E-state index contributed by atoms with van der Waals surface area (Å²) in [6.45, 7) is 10.1. The Balaban J connectivity index is 1.72. The van der Waals surface area contributed by atoms with Crippen LogP contribution in [0.4, 0.5) is 4.79 Å². The highest BCUT2D eigenvalue weighted by Gasteiger charge is 2.43. The summed E-state index contributed by atoms with van der Waals surface area (Å²) in [7, 11) is 0. The fourth-order valence-corrected chi connectivity index (χ4v) is 4.75. The molecule has 0 bridgehead atoms. The molecule has 0 aliphatic carbocycles. The van der Waals surface area contributed by atoms with E-state index in [1.54, 1.807) is 0 Å². The van der Waals surface area contributed by atoms with E-state index in [1.807, 2.05) is 37.0 Å². The fraction of sp³-hybridized carbons (Fsp3) is 0.722. The molecule has 3 heterocycles. The summed E-state index contributed by atoms with van der Waals surface area (Å²) in [5.41, 5.74) is 0.845. The van der Waals surface area contributed by atoms with Gasteiger partial charge in [0.05, 0.1) is 6.61 Å². The Morgan fingerprint density at radius 1 is 1.39 bits per heavy atom. The smallest absolute Gasteiger partial charge is 0.410 e. The minimum absolute atomic E-state index is 0.176. The molecule has 1 saturated heterocycles. The number of nitrogens with zero attached hydrogens (tertiary/aromatic N) is 1. The number of carbonyl (C=O) groups excluding carboxylic acids is 1. The number of rotatable bonds is 1. The third kappa shape index (κ3) is 3.41. The zero-order valence-corrected chi connectivity index (χ0v) is 15.4. The van der Waals surface area contributed by atoms with E-state index in [4.69, 9.17) is 9.47 Å². The van der Waals surface area contributed by atoms with Gasteiger partial charge in [0.1, 0.15) is 11.2 Å². The Morgan fingerprint density at radius 3 is 2.70 bits per heavy atom. The van der Waals surface area contributed by atoms with Gasteiger partial charge in [0.15, 0.2) is 0 Å². The summed E-state index contributed by atoms with van der Waals surface area (Å²) in [4.78, 5) is 16.9. The normalized spacial score (nSPS) is 20.4. The van der Waals surface area contributed by atoms with Crippen LogP contribution in [0.5, 0.6) is 0 Å². The van der Waals surface area contributed by atoms with Crippen molar-refractivity contribution in [1.29, 1.82) is 0 Å². The van der Waals surface area contributed by atoms with Crippen molar-refractivity contribution in [3.8, 4) is 0 Å². The van der Waals surface area contributed by atoms with Gasteiger partial charge in [-0.25, -0.2) is 4.79 Å². The van der Waals surface area contributed by atoms with E-state index >= 15 is 0 Å². The van der Waals surface area contributed by atoms with Crippen molar-refractivity contribution in [2.45, 2.75) is 64.6 Å². The van der Waals surface area contributed by atoms with Gasteiger partial charge in [0.25, 0.3) is 0 Å². The molecule has 1 amide bonds. The SMILES string of the molecule is CCc1cc2c(s1)C1(CCN(C(=O)OC(C)(C)C)CC1)OCC2. The molecule has 2 aliphatic rings. The van der Waals surface area contributed by atoms with Gasteiger partial charge in [-0.1, -0.05) is 6.92 Å². The highest BCUT2D eigenvalue weighted by molar-refractivity contribution is 7.12. The lowest BCUT2D eigenvalue weighted by molar-refractivity contribution is -0.0950. The third-order valence-electron chi connectivity index (χ3n) is 4.59. The standard InChI is InChI=1S/C18H27NO3S/c1-5-14-12-13-6-11-21-18(15(13)23-14)7-9-19(10-8-18)16(20)22-17(2,3)4/h12H,5-11H2,1-4H3. The van der Waals surface area contributed by atoms with Crippen LogP contribution in [0, 0.1) is 0 Å². The second-order valence-corrected chi connectivity index (χ2v) is 8.62. The number of carbonyl (C=O) groups is 1. The highest BCUT2D eigenvalue weighted by atomic mass is 32.1. The molecule has 23 heavy (non-hydrogen) atoms. The maximum Gasteiger partial charge on any atom is 0.410 e. The van der Waals surface area contributed by atoms with Gasteiger partial charge < -0.3 is 14.4 Å². The average molecular weight is 337 g/mol. The van der Waals surface area contributed by atoms with Crippen LogP contribution in [0.15, 0.2) is 6.07 Å². The lowest BCUT2D eigenvalue weighted by atomic mass is 9.85. The maximum atomic E-state index is 12.2. The number of thiophene rings is 1. The molecule has 0 N–H and O–H groups in total. The summed E-state index contributed by atoms with van der Waals surface area (Å²) >= 11 is 1.90. The van der Waals surface area contributed by atoms with Crippen molar-refractivity contribution in [2.24, 2.45) is 0 Å². The fourth-order valence-electron chi connectivity index (χ4n) is 3.40. The van der Waals surface area contributed by atoms with E-state index < -0.39 is 5.60 Å². The van der Waals surface area contributed by atoms with E-state index in [2.05, 4.69) is 13.0 Å². The van der Waals surface area contributed by atoms with E-state index in [1.165, 1.54) is 15.3 Å². The van der Waals surface area contributed by atoms with Gasteiger partial charge in [-0.3, -0.25) is 0 Å². The molecule has 0 aromatic carbocycles. The van der Waals surface area contributed by atoms with Crippen molar-refractivity contribution in [3.63, 3.8) is 0 Å². The Kier molecular flexibility index (Phi) is 4.45. The first-order valence-corrected chi connectivity index (χ1v) is 9.38. The van der Waals surface area contributed by atoms with E-state index in [9.17, 15) is 4.79 Å². The molecule has 1 fully saturated rings. The minimum atomic E-state index is -0.440. The van der Waals surface area contributed by atoms with Crippen molar-refractivity contribution < 1.29 is 14.3 Å². The molecular formula is C18H27NO3S. The molecule has 0 saturated carbocycles. The van der Waals surface area contributed by atoms with Gasteiger partial charge in [-0.15, -0.1) is 11.3 Å². The molecule has 128 valence electrons. The van der Waals surface area contributed by atoms with Crippen LogP contribution in [0.2, 0.25) is 0 Å². The zero-order valence-electron chi connectivity index (χ0n) is 14.6. The number of aryl methyl sites for hydroxylation is 1. The predicted molar refractivity (Wildman–Crippen MR) is 92.1 cm³/mol. The first-order chi connectivity index (χ1) is 10.8. The van der Waals surface area contributed by atoms with Gasteiger partial charge in [0.2, 0.25) is 0 Å². The van der Waals surface area contributed by atoms with Crippen molar-refractivity contribution in [3.05, 3.63) is 21.4 Å². The molecule has 2 aliphatic heterocycles. The van der Waals surface area contributed by atoms with Crippen molar-refractivity contribution in [1.82, 2.24) is 4.90 Å². The molecule has 1 aromatic rings. The van der Waals surface area contributed by atoms with Crippen LogP contribution < -0.4 is 0 Å². The molecule has 3 rings (SSSR count). The van der Waals surface area contributed by atoms with E-state index in [0.717, 1.165) is 32.3 Å². The van der Waals surface area contributed by atoms with E-state index in [0.29, 0.717) is 13.1 Å². The van der Waals surface area contributed by atoms with Crippen LogP contribution >= 0.6 is 11.3 Å². The van der Waals surface area contributed by atoms with Crippen LogP contribution in [0.1, 0.15) is 55.9 Å². The minimum Gasteiger partial charge on any atom is -0.444 e. The summed E-state index contributed by atoms with van der Waals surface area (Å²) < 4.78 is 11.7. The lowest BCUT2D eigenvalue weighted by Crippen LogP contribution is -2.49. The molecule has 5 heteroatoms. The monoisotopic (exact) mass is 337 g/mol. The van der Waals surface area contributed by atoms with Crippen LogP contribution in [-0.2, 0) is 27.9 Å². The quantitative estimate of drug-likeness (QED) is 0.774. The first kappa shape index (κ1) is 16.8.